The predicted molar refractivity (Wildman–Crippen MR) is 101 cm³/mol. The summed E-state index contributed by atoms with van der Waals surface area (Å²) < 4.78 is 0. The molecule has 2 fully saturated rings. The van der Waals surface area contributed by atoms with E-state index in [0.29, 0.717) is 36.8 Å². The normalized spacial score (nSPS) is 29.7. The molecule has 2 unspecified atom stereocenters. The minimum Gasteiger partial charge on any atom is -0.353 e. The van der Waals surface area contributed by atoms with Crippen molar-refractivity contribution in [3.63, 3.8) is 0 Å². The Hall–Kier alpha value is -1.06. The molecule has 4 heteroatoms. The Morgan fingerprint density at radius 2 is 1.75 bits per heavy atom. The highest BCUT2D eigenvalue weighted by Crippen LogP contribution is 2.37. The molecule has 2 aliphatic carbocycles. The Balaban J connectivity index is 0.00000208. The molecule has 0 heterocycles. The third-order valence-corrected chi connectivity index (χ3v) is 5.90. The SMILES string of the molecule is Cl.NCC1CCCC1NC(=O)CC1CCC(c2ccccc2)CC1. The van der Waals surface area contributed by atoms with Gasteiger partial charge in [0, 0.05) is 12.5 Å². The molecule has 0 aromatic heterocycles. The lowest BCUT2D eigenvalue weighted by atomic mass is 9.77. The van der Waals surface area contributed by atoms with Crippen molar-refractivity contribution in [2.75, 3.05) is 6.54 Å². The first-order valence-electron chi connectivity index (χ1n) is 9.30. The van der Waals surface area contributed by atoms with E-state index in [2.05, 4.69) is 35.6 Å². The van der Waals surface area contributed by atoms with Gasteiger partial charge in [-0.15, -0.1) is 12.4 Å². The van der Waals surface area contributed by atoms with E-state index >= 15 is 0 Å². The van der Waals surface area contributed by atoms with Gasteiger partial charge in [-0.3, -0.25) is 4.79 Å². The number of rotatable bonds is 5. The smallest absolute Gasteiger partial charge is 0.220 e. The molecule has 3 rings (SSSR count). The Kier molecular flexibility index (Phi) is 7.57. The molecular weight excluding hydrogens is 320 g/mol. The van der Waals surface area contributed by atoms with Gasteiger partial charge in [-0.25, -0.2) is 0 Å². The molecule has 2 aliphatic rings. The van der Waals surface area contributed by atoms with E-state index in [0.717, 1.165) is 6.42 Å². The van der Waals surface area contributed by atoms with Crippen LogP contribution in [0.25, 0.3) is 0 Å². The fourth-order valence-corrected chi connectivity index (χ4v) is 4.46. The summed E-state index contributed by atoms with van der Waals surface area (Å²) in [5, 5.41) is 3.25. The lowest BCUT2D eigenvalue weighted by molar-refractivity contribution is -0.123. The summed E-state index contributed by atoms with van der Waals surface area (Å²) in [6.45, 7) is 0.702. The standard InChI is InChI=1S/C20H30N2O.ClH/c21-14-18-7-4-8-19(18)22-20(23)13-15-9-11-17(12-10-15)16-5-2-1-3-6-16;/h1-3,5-6,15,17-19H,4,7-14,21H2,(H,22,23);1H. The minimum atomic E-state index is 0. The largest absolute Gasteiger partial charge is 0.353 e. The Bertz CT molecular complexity index is 500. The molecule has 0 spiro atoms. The van der Waals surface area contributed by atoms with Crippen molar-refractivity contribution in [2.45, 2.75) is 63.3 Å². The average molecular weight is 351 g/mol. The molecule has 24 heavy (non-hydrogen) atoms. The summed E-state index contributed by atoms with van der Waals surface area (Å²) in [5.74, 6) is 1.99. The first-order chi connectivity index (χ1) is 11.3. The summed E-state index contributed by atoms with van der Waals surface area (Å²) in [7, 11) is 0. The van der Waals surface area contributed by atoms with Crippen molar-refractivity contribution in [1.82, 2.24) is 5.32 Å². The van der Waals surface area contributed by atoms with Crippen LogP contribution in [0.5, 0.6) is 0 Å². The minimum absolute atomic E-state index is 0. The molecule has 2 saturated carbocycles. The van der Waals surface area contributed by atoms with Crippen molar-refractivity contribution in [1.29, 1.82) is 0 Å². The van der Waals surface area contributed by atoms with Gasteiger partial charge < -0.3 is 11.1 Å². The van der Waals surface area contributed by atoms with Crippen LogP contribution in [-0.2, 0) is 4.79 Å². The molecular formula is C20H31ClN2O. The van der Waals surface area contributed by atoms with E-state index in [1.54, 1.807) is 0 Å². The number of carbonyl (C=O) groups is 1. The van der Waals surface area contributed by atoms with Crippen LogP contribution in [0.3, 0.4) is 0 Å². The quantitative estimate of drug-likeness (QED) is 0.842. The van der Waals surface area contributed by atoms with Gasteiger partial charge in [0.25, 0.3) is 0 Å². The van der Waals surface area contributed by atoms with Gasteiger partial charge in [-0.05, 0) is 68.4 Å². The summed E-state index contributed by atoms with van der Waals surface area (Å²) >= 11 is 0. The van der Waals surface area contributed by atoms with Crippen LogP contribution in [0.2, 0.25) is 0 Å². The Morgan fingerprint density at radius 3 is 2.42 bits per heavy atom. The summed E-state index contributed by atoms with van der Waals surface area (Å²) in [5.41, 5.74) is 7.27. The highest BCUT2D eigenvalue weighted by atomic mass is 35.5. The van der Waals surface area contributed by atoms with Crippen molar-refractivity contribution >= 4 is 18.3 Å². The number of carbonyl (C=O) groups excluding carboxylic acids is 1. The monoisotopic (exact) mass is 350 g/mol. The number of benzene rings is 1. The van der Waals surface area contributed by atoms with Gasteiger partial charge in [0.2, 0.25) is 5.91 Å². The van der Waals surface area contributed by atoms with Gasteiger partial charge in [-0.2, -0.15) is 0 Å². The van der Waals surface area contributed by atoms with Gasteiger partial charge >= 0.3 is 0 Å². The summed E-state index contributed by atoms with van der Waals surface area (Å²) in [4.78, 5) is 12.3. The zero-order chi connectivity index (χ0) is 16.1. The maximum Gasteiger partial charge on any atom is 0.220 e. The summed E-state index contributed by atoms with van der Waals surface area (Å²) in [6, 6.07) is 11.1. The van der Waals surface area contributed by atoms with Gasteiger partial charge in [-0.1, -0.05) is 36.8 Å². The van der Waals surface area contributed by atoms with E-state index in [9.17, 15) is 4.79 Å². The molecule has 0 radical (unpaired) electrons. The summed E-state index contributed by atoms with van der Waals surface area (Å²) in [6.07, 6.45) is 8.98. The number of hydrogen-bond acceptors (Lipinski definition) is 2. The maximum atomic E-state index is 12.3. The second-order valence-corrected chi connectivity index (χ2v) is 7.43. The molecule has 1 amide bonds. The average Bonchev–Trinajstić information content (AvgIpc) is 3.03. The Morgan fingerprint density at radius 1 is 1.04 bits per heavy atom. The molecule has 3 nitrogen and oxygen atoms in total. The van der Waals surface area contributed by atoms with Crippen molar-refractivity contribution in [2.24, 2.45) is 17.6 Å². The van der Waals surface area contributed by atoms with Crippen LogP contribution in [0, 0.1) is 11.8 Å². The van der Waals surface area contributed by atoms with Crippen LogP contribution in [0.4, 0.5) is 0 Å². The second-order valence-electron chi connectivity index (χ2n) is 7.43. The lowest BCUT2D eigenvalue weighted by Gasteiger charge is -2.29. The molecule has 0 aliphatic heterocycles. The van der Waals surface area contributed by atoms with Crippen LogP contribution in [-0.4, -0.2) is 18.5 Å². The highest BCUT2D eigenvalue weighted by molar-refractivity contribution is 5.85. The number of hydrogen-bond donors (Lipinski definition) is 2. The fraction of sp³-hybridized carbons (Fsp3) is 0.650. The topological polar surface area (TPSA) is 55.1 Å². The molecule has 1 aromatic rings. The molecule has 0 saturated heterocycles. The Labute approximate surface area is 152 Å². The first kappa shape index (κ1) is 19.3. The van der Waals surface area contributed by atoms with Crippen molar-refractivity contribution < 1.29 is 4.79 Å². The van der Waals surface area contributed by atoms with Crippen LogP contribution >= 0.6 is 12.4 Å². The van der Waals surface area contributed by atoms with Crippen LogP contribution in [0.1, 0.15) is 62.8 Å². The van der Waals surface area contributed by atoms with Gasteiger partial charge in [0.1, 0.15) is 0 Å². The third-order valence-electron chi connectivity index (χ3n) is 5.90. The molecule has 3 N–H and O–H groups in total. The van der Waals surface area contributed by atoms with Crippen LogP contribution in [0.15, 0.2) is 30.3 Å². The first-order valence-corrected chi connectivity index (χ1v) is 9.30. The van der Waals surface area contributed by atoms with Crippen molar-refractivity contribution in [3.05, 3.63) is 35.9 Å². The molecule has 0 bridgehead atoms. The predicted octanol–water partition coefficient (Wildman–Crippen LogP) is 4.02. The molecule has 2 atom stereocenters. The number of nitrogens with two attached hydrogens (primary N) is 1. The molecule has 1 aromatic carbocycles. The van der Waals surface area contributed by atoms with E-state index in [1.807, 2.05) is 0 Å². The lowest BCUT2D eigenvalue weighted by Crippen LogP contribution is -2.40. The van der Waals surface area contributed by atoms with E-state index in [1.165, 1.54) is 44.1 Å². The maximum absolute atomic E-state index is 12.3. The zero-order valence-electron chi connectivity index (χ0n) is 14.5. The number of amides is 1. The third kappa shape index (κ3) is 4.97. The van der Waals surface area contributed by atoms with E-state index < -0.39 is 0 Å². The number of nitrogens with one attached hydrogen (secondary N) is 1. The van der Waals surface area contributed by atoms with E-state index in [-0.39, 0.29) is 18.3 Å². The second kappa shape index (κ2) is 9.43. The van der Waals surface area contributed by atoms with E-state index in [4.69, 9.17) is 5.73 Å². The van der Waals surface area contributed by atoms with Crippen molar-refractivity contribution in [3.8, 4) is 0 Å². The fourth-order valence-electron chi connectivity index (χ4n) is 4.46. The van der Waals surface area contributed by atoms with Crippen LogP contribution < -0.4 is 11.1 Å². The zero-order valence-corrected chi connectivity index (χ0v) is 15.3. The van der Waals surface area contributed by atoms with Gasteiger partial charge in [0.15, 0.2) is 0 Å². The highest BCUT2D eigenvalue weighted by Gasteiger charge is 2.29. The van der Waals surface area contributed by atoms with Gasteiger partial charge in [0.05, 0.1) is 0 Å². The molecule has 134 valence electrons. The number of halogens is 1.